The first kappa shape index (κ1) is 19.7. The maximum absolute atomic E-state index is 5.66. The predicted octanol–water partition coefficient (Wildman–Crippen LogP) is 2.04. The van der Waals surface area contributed by atoms with Gasteiger partial charge in [0.2, 0.25) is 5.89 Å². The minimum atomic E-state index is -0.178. The molecule has 0 spiro atoms. The van der Waals surface area contributed by atoms with Crippen molar-refractivity contribution in [3.05, 3.63) is 11.7 Å². The van der Waals surface area contributed by atoms with Crippen LogP contribution in [0.4, 0.5) is 0 Å². The normalized spacial score (nSPS) is 26.8. The molecule has 8 heteroatoms. The SMILES string of the molecule is CCOC(C)c1noc(CNC(=NC)NC2CC(C)(OC)C2(C)C)n1. The molecule has 0 saturated heterocycles. The molecule has 1 heterocycles. The van der Waals surface area contributed by atoms with Crippen LogP contribution in [-0.2, 0) is 16.0 Å². The highest BCUT2D eigenvalue weighted by molar-refractivity contribution is 5.80. The first-order valence-electron chi connectivity index (χ1n) is 8.73. The minimum absolute atomic E-state index is 0.00392. The summed E-state index contributed by atoms with van der Waals surface area (Å²) in [5.74, 6) is 1.76. The number of hydrogen-bond donors (Lipinski definition) is 2. The third kappa shape index (κ3) is 3.95. The second kappa shape index (κ2) is 7.70. The Kier molecular flexibility index (Phi) is 6.05. The molecule has 0 amide bonds. The number of aromatic nitrogens is 2. The van der Waals surface area contributed by atoms with Gasteiger partial charge in [0.05, 0.1) is 12.1 Å². The summed E-state index contributed by atoms with van der Waals surface area (Å²) < 4.78 is 16.4. The number of nitrogens with zero attached hydrogens (tertiary/aromatic N) is 3. The molecule has 3 atom stereocenters. The summed E-state index contributed by atoms with van der Waals surface area (Å²) in [4.78, 5) is 8.62. The quantitative estimate of drug-likeness (QED) is 0.572. The Morgan fingerprint density at radius 1 is 1.44 bits per heavy atom. The Morgan fingerprint density at radius 3 is 2.72 bits per heavy atom. The highest BCUT2D eigenvalue weighted by Crippen LogP contribution is 2.51. The summed E-state index contributed by atoms with van der Waals surface area (Å²) >= 11 is 0. The second-order valence-electron chi connectivity index (χ2n) is 7.13. The average molecular weight is 353 g/mol. The van der Waals surface area contributed by atoms with E-state index < -0.39 is 0 Å². The Hall–Kier alpha value is -1.67. The molecule has 0 radical (unpaired) electrons. The van der Waals surface area contributed by atoms with Crippen molar-refractivity contribution in [2.45, 2.75) is 65.3 Å². The summed E-state index contributed by atoms with van der Waals surface area (Å²) in [6.07, 6.45) is 0.746. The lowest BCUT2D eigenvalue weighted by Crippen LogP contribution is -2.69. The maximum Gasteiger partial charge on any atom is 0.246 e. The third-order valence-corrected chi connectivity index (χ3v) is 5.48. The van der Waals surface area contributed by atoms with Crippen molar-refractivity contribution in [3.8, 4) is 0 Å². The van der Waals surface area contributed by atoms with Gasteiger partial charge in [-0.3, -0.25) is 4.99 Å². The number of guanidine groups is 1. The van der Waals surface area contributed by atoms with E-state index in [4.69, 9.17) is 14.0 Å². The summed E-state index contributed by atoms with van der Waals surface area (Å²) in [5.41, 5.74) is -0.121. The van der Waals surface area contributed by atoms with E-state index in [1.165, 1.54) is 0 Å². The van der Waals surface area contributed by atoms with Gasteiger partial charge in [-0.1, -0.05) is 19.0 Å². The lowest BCUT2D eigenvalue weighted by atomic mass is 9.56. The molecule has 2 rings (SSSR count). The number of methoxy groups -OCH3 is 1. The van der Waals surface area contributed by atoms with Crippen LogP contribution in [0.2, 0.25) is 0 Å². The van der Waals surface area contributed by atoms with Gasteiger partial charge in [-0.25, -0.2) is 0 Å². The maximum atomic E-state index is 5.66. The molecule has 1 fully saturated rings. The molecule has 1 aliphatic rings. The van der Waals surface area contributed by atoms with Gasteiger partial charge in [0.1, 0.15) is 6.10 Å². The smallest absolute Gasteiger partial charge is 0.246 e. The van der Waals surface area contributed by atoms with Crippen LogP contribution in [0.5, 0.6) is 0 Å². The van der Waals surface area contributed by atoms with Crippen LogP contribution in [0.25, 0.3) is 0 Å². The summed E-state index contributed by atoms with van der Waals surface area (Å²) in [5, 5.41) is 10.6. The van der Waals surface area contributed by atoms with Gasteiger partial charge < -0.3 is 24.6 Å². The van der Waals surface area contributed by atoms with Crippen molar-refractivity contribution >= 4 is 5.96 Å². The van der Waals surface area contributed by atoms with Crippen LogP contribution in [0.1, 0.15) is 58.9 Å². The standard InChI is InChI=1S/C17H31N5O3/c1-8-24-11(2)14-21-13(25-22-14)10-19-15(18-6)20-12-9-17(5,23-7)16(12,3)4/h11-12H,8-10H2,1-7H3,(H2,18,19,20). The van der Waals surface area contributed by atoms with E-state index in [2.05, 4.69) is 46.5 Å². The zero-order valence-corrected chi connectivity index (χ0v) is 16.3. The van der Waals surface area contributed by atoms with Crippen LogP contribution in [0, 0.1) is 5.41 Å². The van der Waals surface area contributed by atoms with E-state index in [0.717, 1.165) is 6.42 Å². The monoisotopic (exact) mass is 353 g/mol. The lowest BCUT2D eigenvalue weighted by Gasteiger charge is -2.59. The van der Waals surface area contributed by atoms with Gasteiger partial charge in [-0.05, 0) is 27.2 Å². The van der Waals surface area contributed by atoms with Crippen LogP contribution in [-0.4, -0.2) is 48.5 Å². The molecule has 2 N–H and O–H groups in total. The molecule has 0 aromatic carbocycles. The molecule has 3 unspecified atom stereocenters. The Morgan fingerprint density at radius 2 is 2.16 bits per heavy atom. The summed E-state index contributed by atoms with van der Waals surface area (Å²) in [6.45, 7) is 11.4. The van der Waals surface area contributed by atoms with Crippen molar-refractivity contribution in [2.75, 3.05) is 20.8 Å². The van der Waals surface area contributed by atoms with Crippen LogP contribution in [0.15, 0.2) is 9.52 Å². The minimum Gasteiger partial charge on any atom is -0.378 e. The van der Waals surface area contributed by atoms with Gasteiger partial charge in [0.25, 0.3) is 0 Å². The van der Waals surface area contributed by atoms with Gasteiger partial charge in [-0.2, -0.15) is 4.98 Å². The molecular formula is C17H31N5O3. The fourth-order valence-electron chi connectivity index (χ4n) is 3.07. The molecule has 0 bridgehead atoms. The molecule has 142 valence electrons. The Bertz CT molecular complexity index is 601. The number of aliphatic imine (C=N–C) groups is 1. The van der Waals surface area contributed by atoms with Gasteiger partial charge in [0.15, 0.2) is 11.8 Å². The molecule has 8 nitrogen and oxygen atoms in total. The van der Waals surface area contributed by atoms with Crippen LogP contribution in [0.3, 0.4) is 0 Å². The fourth-order valence-corrected chi connectivity index (χ4v) is 3.07. The summed E-state index contributed by atoms with van der Waals surface area (Å²) in [7, 11) is 3.51. The molecule has 1 saturated carbocycles. The summed E-state index contributed by atoms with van der Waals surface area (Å²) in [6, 6.07) is 0.278. The van der Waals surface area contributed by atoms with Gasteiger partial charge >= 0.3 is 0 Å². The van der Waals surface area contributed by atoms with E-state index >= 15 is 0 Å². The highest BCUT2D eigenvalue weighted by atomic mass is 16.5. The van der Waals surface area contributed by atoms with Crippen LogP contribution < -0.4 is 10.6 Å². The molecule has 1 aliphatic carbocycles. The van der Waals surface area contributed by atoms with E-state index in [1.54, 1.807) is 14.2 Å². The van der Waals surface area contributed by atoms with Gasteiger partial charge in [-0.15, -0.1) is 0 Å². The van der Waals surface area contributed by atoms with Crippen molar-refractivity contribution in [1.29, 1.82) is 0 Å². The van der Waals surface area contributed by atoms with E-state index in [0.29, 0.717) is 30.8 Å². The third-order valence-electron chi connectivity index (χ3n) is 5.48. The largest absolute Gasteiger partial charge is 0.378 e. The number of ether oxygens (including phenoxy) is 2. The Labute approximate surface area is 149 Å². The first-order valence-corrected chi connectivity index (χ1v) is 8.73. The molecule has 1 aromatic heterocycles. The van der Waals surface area contributed by atoms with E-state index in [9.17, 15) is 0 Å². The molecule has 1 aromatic rings. The Balaban J connectivity index is 1.88. The molecular weight excluding hydrogens is 322 g/mol. The molecule has 25 heavy (non-hydrogen) atoms. The van der Waals surface area contributed by atoms with Crippen molar-refractivity contribution in [2.24, 2.45) is 10.4 Å². The first-order chi connectivity index (χ1) is 11.8. The average Bonchev–Trinajstić information content (AvgIpc) is 3.06. The number of hydrogen-bond acceptors (Lipinski definition) is 6. The van der Waals surface area contributed by atoms with E-state index in [1.807, 2.05) is 13.8 Å². The highest BCUT2D eigenvalue weighted by Gasteiger charge is 2.58. The molecule has 0 aliphatic heterocycles. The fraction of sp³-hybridized carbons (Fsp3) is 0.824. The van der Waals surface area contributed by atoms with Gasteiger partial charge in [0, 0.05) is 32.2 Å². The number of rotatable bonds is 7. The van der Waals surface area contributed by atoms with Crippen LogP contribution >= 0.6 is 0 Å². The zero-order chi connectivity index (χ0) is 18.7. The van der Waals surface area contributed by atoms with E-state index in [-0.39, 0.29) is 23.2 Å². The topological polar surface area (TPSA) is 93.8 Å². The van der Waals surface area contributed by atoms with Crippen molar-refractivity contribution < 1.29 is 14.0 Å². The zero-order valence-electron chi connectivity index (χ0n) is 16.3. The second-order valence-corrected chi connectivity index (χ2v) is 7.13. The number of nitrogens with one attached hydrogen (secondary N) is 2. The predicted molar refractivity (Wildman–Crippen MR) is 95.3 cm³/mol. The van der Waals surface area contributed by atoms with Crippen molar-refractivity contribution in [1.82, 2.24) is 20.8 Å². The lowest BCUT2D eigenvalue weighted by molar-refractivity contribution is -0.176. The van der Waals surface area contributed by atoms with Crippen molar-refractivity contribution in [3.63, 3.8) is 0 Å².